The van der Waals surface area contributed by atoms with Crippen LogP contribution in [0, 0.1) is 6.92 Å². The molecule has 1 aliphatic carbocycles. The molecule has 0 N–H and O–H groups in total. The highest BCUT2D eigenvalue weighted by Crippen LogP contribution is 2.42. The number of hydrogen-bond acceptors (Lipinski definition) is 5. The van der Waals surface area contributed by atoms with E-state index in [0.29, 0.717) is 19.1 Å². The fraction of sp³-hybridized carbons (Fsp3) is 0.571. The summed E-state index contributed by atoms with van der Waals surface area (Å²) >= 11 is 3.50. The average molecular weight is 448 g/mol. The molecule has 1 unspecified atom stereocenters. The number of piperidine rings is 1. The zero-order valence-corrected chi connectivity index (χ0v) is 18.0. The Balaban J connectivity index is 1.59. The first-order valence-corrected chi connectivity index (χ1v) is 10.7. The van der Waals surface area contributed by atoms with Crippen LogP contribution in [0.4, 0.5) is 0 Å². The van der Waals surface area contributed by atoms with Gasteiger partial charge in [-0.05, 0) is 62.8 Å². The van der Waals surface area contributed by atoms with Crippen molar-refractivity contribution < 1.29 is 14.1 Å². The van der Waals surface area contributed by atoms with Gasteiger partial charge in [0.1, 0.15) is 0 Å². The molecule has 1 aliphatic heterocycles. The summed E-state index contributed by atoms with van der Waals surface area (Å²) in [5, 5.41) is 4.33. The van der Waals surface area contributed by atoms with Crippen molar-refractivity contribution in [1.82, 2.24) is 15.0 Å². The first-order chi connectivity index (χ1) is 13.5. The lowest BCUT2D eigenvalue weighted by Gasteiger charge is -2.41. The monoisotopic (exact) mass is 447 g/mol. The molecule has 1 amide bonds. The van der Waals surface area contributed by atoms with Gasteiger partial charge >= 0.3 is 0 Å². The fourth-order valence-corrected chi connectivity index (χ4v) is 4.25. The maximum absolute atomic E-state index is 13.2. The number of aromatic nitrogens is 2. The Kier molecular flexibility index (Phi) is 5.56. The molecular weight excluding hydrogens is 422 g/mol. The molecule has 150 valence electrons. The minimum Gasteiger partial charge on any atom is -0.385 e. The third kappa shape index (κ3) is 3.87. The zero-order valence-electron chi connectivity index (χ0n) is 16.4. The molecule has 28 heavy (non-hydrogen) atoms. The molecule has 1 aromatic carbocycles. The molecule has 0 radical (unpaired) electrons. The molecule has 2 aromatic rings. The van der Waals surface area contributed by atoms with Crippen molar-refractivity contribution >= 4 is 21.8 Å². The predicted molar refractivity (Wildman–Crippen MR) is 108 cm³/mol. The van der Waals surface area contributed by atoms with Gasteiger partial charge in [-0.2, -0.15) is 4.98 Å². The molecule has 6 nitrogen and oxygen atoms in total. The number of nitrogens with zero attached hydrogens (tertiary/aromatic N) is 3. The lowest BCUT2D eigenvalue weighted by atomic mass is 9.76. The standard InChI is InChI=1S/C21H26BrN3O3/c1-14-12-16(6-7-17(14)22)19(26)25-10-3-8-21(13-25,9-11-27-2)20-23-18(28-24-20)15-4-5-15/h6-7,12,15H,3-5,8-11,13H2,1-2H3. The van der Waals surface area contributed by atoms with Crippen molar-refractivity contribution in [3.05, 3.63) is 45.5 Å². The number of amides is 1. The zero-order chi connectivity index (χ0) is 19.7. The van der Waals surface area contributed by atoms with E-state index in [-0.39, 0.29) is 11.3 Å². The van der Waals surface area contributed by atoms with Gasteiger partial charge in [-0.15, -0.1) is 0 Å². The second kappa shape index (κ2) is 7.95. The second-order valence-electron chi connectivity index (χ2n) is 8.05. The number of methoxy groups -OCH3 is 1. The smallest absolute Gasteiger partial charge is 0.253 e. The number of likely N-dealkylation sites (tertiary alicyclic amines) is 1. The molecule has 0 spiro atoms. The Labute approximate surface area is 173 Å². The van der Waals surface area contributed by atoms with Gasteiger partial charge in [0.15, 0.2) is 5.82 Å². The van der Waals surface area contributed by atoms with E-state index in [4.69, 9.17) is 14.2 Å². The normalized spacial score (nSPS) is 22.5. The van der Waals surface area contributed by atoms with Crippen LogP contribution in [0.1, 0.15) is 65.7 Å². The van der Waals surface area contributed by atoms with Crippen LogP contribution in [0.25, 0.3) is 0 Å². The summed E-state index contributed by atoms with van der Waals surface area (Å²) < 4.78 is 11.9. The summed E-state index contributed by atoms with van der Waals surface area (Å²) in [7, 11) is 1.70. The van der Waals surface area contributed by atoms with E-state index in [0.717, 1.165) is 66.0 Å². The highest BCUT2D eigenvalue weighted by molar-refractivity contribution is 9.10. The van der Waals surface area contributed by atoms with E-state index in [2.05, 4.69) is 21.1 Å². The van der Waals surface area contributed by atoms with E-state index < -0.39 is 0 Å². The molecule has 4 rings (SSSR count). The molecular formula is C21H26BrN3O3. The van der Waals surface area contributed by atoms with Crippen LogP contribution in [0.3, 0.4) is 0 Å². The molecule has 7 heteroatoms. The average Bonchev–Trinajstić information content (AvgIpc) is 3.44. The van der Waals surface area contributed by atoms with E-state index in [9.17, 15) is 4.79 Å². The molecule has 2 fully saturated rings. The lowest BCUT2D eigenvalue weighted by Crippen LogP contribution is -2.49. The first kappa shape index (κ1) is 19.6. The number of hydrogen-bond donors (Lipinski definition) is 0. The van der Waals surface area contributed by atoms with Crippen molar-refractivity contribution in [2.24, 2.45) is 0 Å². The first-order valence-electron chi connectivity index (χ1n) is 9.91. The number of halogens is 1. The Morgan fingerprint density at radius 3 is 2.96 bits per heavy atom. The summed E-state index contributed by atoms with van der Waals surface area (Å²) in [4.78, 5) is 19.9. The third-order valence-corrected chi connectivity index (χ3v) is 6.79. The van der Waals surface area contributed by atoms with Gasteiger partial charge in [0, 0.05) is 42.8 Å². The SMILES string of the molecule is COCCC1(c2noc(C3CC3)n2)CCCN(C(=O)c2ccc(Br)c(C)c2)C1. The highest BCUT2D eigenvalue weighted by atomic mass is 79.9. The van der Waals surface area contributed by atoms with Crippen molar-refractivity contribution in [3.63, 3.8) is 0 Å². The van der Waals surface area contributed by atoms with Gasteiger partial charge in [0.25, 0.3) is 5.91 Å². The summed E-state index contributed by atoms with van der Waals surface area (Å²) in [6.07, 6.45) is 4.87. The summed E-state index contributed by atoms with van der Waals surface area (Å²) in [5.41, 5.74) is 1.46. The van der Waals surface area contributed by atoms with Crippen LogP contribution in [0.2, 0.25) is 0 Å². The van der Waals surface area contributed by atoms with E-state index in [1.165, 1.54) is 0 Å². The molecule has 1 aromatic heterocycles. The van der Waals surface area contributed by atoms with Crippen LogP contribution < -0.4 is 0 Å². The van der Waals surface area contributed by atoms with Gasteiger partial charge in [0.2, 0.25) is 5.89 Å². The van der Waals surface area contributed by atoms with Crippen molar-refractivity contribution in [2.45, 2.75) is 50.4 Å². The van der Waals surface area contributed by atoms with Crippen LogP contribution in [-0.2, 0) is 10.2 Å². The maximum atomic E-state index is 13.2. The van der Waals surface area contributed by atoms with Crippen molar-refractivity contribution in [2.75, 3.05) is 26.8 Å². The number of carbonyl (C=O) groups is 1. The third-order valence-electron chi connectivity index (χ3n) is 5.90. The summed E-state index contributed by atoms with van der Waals surface area (Å²) in [6, 6.07) is 5.76. The van der Waals surface area contributed by atoms with Gasteiger partial charge in [-0.25, -0.2) is 0 Å². The fourth-order valence-electron chi connectivity index (χ4n) is 4.01. The largest absolute Gasteiger partial charge is 0.385 e. The number of rotatable bonds is 6. The van der Waals surface area contributed by atoms with E-state index in [1.807, 2.05) is 30.0 Å². The Morgan fingerprint density at radius 2 is 2.25 bits per heavy atom. The Hall–Kier alpha value is -1.73. The summed E-state index contributed by atoms with van der Waals surface area (Å²) in [5.74, 6) is 1.96. The highest BCUT2D eigenvalue weighted by Gasteiger charge is 2.43. The van der Waals surface area contributed by atoms with Crippen LogP contribution in [0.5, 0.6) is 0 Å². The van der Waals surface area contributed by atoms with Crippen molar-refractivity contribution in [3.8, 4) is 0 Å². The molecule has 1 saturated heterocycles. The molecule has 1 saturated carbocycles. The minimum absolute atomic E-state index is 0.0583. The van der Waals surface area contributed by atoms with Crippen LogP contribution >= 0.6 is 15.9 Å². The molecule has 0 bridgehead atoms. The van der Waals surface area contributed by atoms with Gasteiger partial charge in [-0.3, -0.25) is 4.79 Å². The van der Waals surface area contributed by atoms with Crippen LogP contribution in [0.15, 0.2) is 27.2 Å². The second-order valence-corrected chi connectivity index (χ2v) is 8.90. The number of ether oxygens (including phenoxy) is 1. The predicted octanol–water partition coefficient (Wildman–Crippen LogP) is 4.23. The Morgan fingerprint density at radius 1 is 1.43 bits per heavy atom. The lowest BCUT2D eigenvalue weighted by molar-refractivity contribution is 0.0567. The summed E-state index contributed by atoms with van der Waals surface area (Å²) in [6.45, 7) is 3.94. The number of aryl methyl sites for hydroxylation is 1. The van der Waals surface area contributed by atoms with Gasteiger partial charge in [-0.1, -0.05) is 21.1 Å². The molecule has 2 aliphatic rings. The molecule has 1 atom stereocenters. The quantitative estimate of drug-likeness (QED) is 0.662. The number of benzene rings is 1. The minimum atomic E-state index is -0.315. The van der Waals surface area contributed by atoms with Crippen molar-refractivity contribution in [1.29, 1.82) is 0 Å². The van der Waals surface area contributed by atoms with Gasteiger partial charge in [0.05, 0.1) is 5.41 Å². The topological polar surface area (TPSA) is 68.5 Å². The van der Waals surface area contributed by atoms with E-state index >= 15 is 0 Å². The van der Waals surface area contributed by atoms with Crippen LogP contribution in [-0.4, -0.2) is 47.8 Å². The molecule has 2 heterocycles. The maximum Gasteiger partial charge on any atom is 0.253 e. The van der Waals surface area contributed by atoms with Gasteiger partial charge < -0.3 is 14.2 Å². The van der Waals surface area contributed by atoms with E-state index in [1.54, 1.807) is 7.11 Å². The number of carbonyl (C=O) groups excluding carboxylic acids is 1. The Bertz CT molecular complexity index is 864.